The molecular formula is C22H18FN3O2S. The molecule has 2 heterocycles. The molecular weight excluding hydrogens is 389 g/mol. The van der Waals surface area contributed by atoms with E-state index in [1.54, 1.807) is 19.3 Å². The number of halogens is 1. The highest BCUT2D eigenvalue weighted by molar-refractivity contribution is 8.00. The van der Waals surface area contributed by atoms with Crippen molar-refractivity contribution < 1.29 is 12.8 Å². The molecule has 0 amide bonds. The number of rotatable bonds is 4. The number of nitrogens with zero attached hydrogens (tertiary/aromatic N) is 2. The Morgan fingerprint density at radius 3 is 2.17 bits per heavy atom. The van der Waals surface area contributed by atoms with Gasteiger partial charge >= 0.3 is 0 Å². The smallest absolute Gasteiger partial charge is 0.285 e. The monoisotopic (exact) mass is 407 g/mol. The first-order valence-corrected chi connectivity index (χ1v) is 10.4. The van der Waals surface area contributed by atoms with E-state index in [1.165, 1.54) is 24.3 Å². The molecule has 29 heavy (non-hydrogen) atoms. The summed E-state index contributed by atoms with van der Waals surface area (Å²) < 4.78 is 42.1. The van der Waals surface area contributed by atoms with Crippen LogP contribution in [0.3, 0.4) is 0 Å². The van der Waals surface area contributed by atoms with E-state index in [0.717, 1.165) is 23.2 Å². The lowest BCUT2D eigenvalue weighted by Crippen LogP contribution is -2.11. The molecule has 1 aromatic heterocycles. The molecule has 2 aromatic carbocycles. The quantitative estimate of drug-likeness (QED) is 0.696. The number of hydrogen-bond acceptors (Lipinski definition) is 4. The van der Waals surface area contributed by atoms with Crippen LogP contribution in [0.5, 0.6) is 0 Å². The number of sulfonamides is 1. The zero-order valence-electron chi connectivity index (χ0n) is 15.6. The van der Waals surface area contributed by atoms with Crippen LogP contribution in [0.2, 0.25) is 0 Å². The Hall–Kier alpha value is -3.32. The van der Waals surface area contributed by atoms with E-state index in [-0.39, 0.29) is 10.7 Å². The van der Waals surface area contributed by atoms with Crippen molar-refractivity contribution in [1.82, 2.24) is 4.98 Å². The third-order valence-corrected chi connectivity index (χ3v) is 6.13. The van der Waals surface area contributed by atoms with Crippen molar-refractivity contribution in [1.29, 1.82) is 0 Å². The van der Waals surface area contributed by atoms with Gasteiger partial charge in [-0.3, -0.25) is 4.98 Å². The molecule has 0 saturated heterocycles. The van der Waals surface area contributed by atoms with Gasteiger partial charge in [0, 0.05) is 23.7 Å². The van der Waals surface area contributed by atoms with Crippen LogP contribution in [-0.4, -0.2) is 19.2 Å². The molecule has 0 atom stereocenters. The second kappa shape index (κ2) is 7.60. The lowest BCUT2D eigenvalue weighted by atomic mass is 10.1. The van der Waals surface area contributed by atoms with Crippen molar-refractivity contribution in [3.8, 4) is 0 Å². The van der Waals surface area contributed by atoms with Crippen molar-refractivity contribution >= 4 is 26.5 Å². The normalized spacial score (nSPS) is 15.3. The zero-order chi connectivity index (χ0) is 20.4. The van der Waals surface area contributed by atoms with E-state index in [0.29, 0.717) is 11.1 Å². The van der Waals surface area contributed by atoms with Gasteiger partial charge in [0.1, 0.15) is 16.6 Å². The van der Waals surface area contributed by atoms with E-state index in [1.807, 2.05) is 36.4 Å². The highest BCUT2D eigenvalue weighted by Gasteiger charge is 2.31. The van der Waals surface area contributed by atoms with Gasteiger partial charge in [0.15, 0.2) is 0 Å². The molecule has 1 aliphatic rings. The minimum absolute atomic E-state index is 0.0920. The predicted molar refractivity (Wildman–Crippen MR) is 112 cm³/mol. The molecule has 0 saturated carbocycles. The maximum Gasteiger partial charge on any atom is 0.285 e. The first-order chi connectivity index (χ1) is 13.9. The highest BCUT2D eigenvalue weighted by atomic mass is 32.2. The van der Waals surface area contributed by atoms with E-state index >= 15 is 0 Å². The van der Waals surface area contributed by atoms with Gasteiger partial charge in [0.05, 0.1) is 0 Å². The summed E-state index contributed by atoms with van der Waals surface area (Å²) in [5, 5.41) is 3.08. The Bertz CT molecular complexity index is 1200. The molecule has 0 fully saturated rings. The van der Waals surface area contributed by atoms with E-state index in [2.05, 4.69) is 14.7 Å². The Morgan fingerprint density at radius 1 is 0.897 bits per heavy atom. The van der Waals surface area contributed by atoms with Crippen molar-refractivity contribution in [2.45, 2.75) is 13.3 Å². The molecule has 7 heteroatoms. The van der Waals surface area contributed by atoms with Gasteiger partial charge in [-0.25, -0.2) is 4.39 Å². The summed E-state index contributed by atoms with van der Waals surface area (Å²) in [5.41, 5.74) is 3.93. The number of amidine groups is 1. The lowest BCUT2D eigenvalue weighted by molar-refractivity contribution is 0.608. The number of benzene rings is 2. The van der Waals surface area contributed by atoms with Crippen LogP contribution in [-0.2, 0) is 16.4 Å². The first-order valence-electron chi connectivity index (χ1n) is 8.99. The fourth-order valence-corrected chi connectivity index (χ4v) is 4.63. The van der Waals surface area contributed by atoms with Gasteiger partial charge in [0.25, 0.3) is 10.0 Å². The third-order valence-electron chi connectivity index (χ3n) is 4.65. The highest BCUT2D eigenvalue weighted by Crippen LogP contribution is 2.33. The van der Waals surface area contributed by atoms with Crippen LogP contribution >= 0.6 is 0 Å². The maximum absolute atomic E-state index is 13.2. The number of pyridine rings is 1. The summed E-state index contributed by atoms with van der Waals surface area (Å²) in [6.07, 6.45) is 4.31. The molecule has 0 radical (unpaired) electrons. The topological polar surface area (TPSA) is 71.4 Å². The number of nitrogens with one attached hydrogen (secondary N) is 1. The molecule has 4 rings (SSSR count). The van der Waals surface area contributed by atoms with Crippen LogP contribution < -0.4 is 5.32 Å². The largest absolute Gasteiger partial charge is 0.339 e. The molecule has 0 aliphatic carbocycles. The van der Waals surface area contributed by atoms with Crippen molar-refractivity contribution in [2.24, 2.45) is 4.40 Å². The minimum atomic E-state index is -3.84. The summed E-state index contributed by atoms with van der Waals surface area (Å²) in [4.78, 5) is 4.11. The molecule has 0 bridgehead atoms. The molecule has 1 aliphatic heterocycles. The standard InChI is InChI=1S/C22H18FN3O2S/c1-15-21(18-4-6-19(23)7-5-18)29(27,28)26-22(15)25-20-8-2-16(3-9-20)14-17-10-12-24-13-11-17/h2-13H,14H2,1H3,(H,25,26). The summed E-state index contributed by atoms with van der Waals surface area (Å²) in [7, 11) is -3.84. The van der Waals surface area contributed by atoms with E-state index in [4.69, 9.17) is 0 Å². The van der Waals surface area contributed by atoms with Gasteiger partial charge in [-0.2, -0.15) is 8.42 Å². The fraction of sp³-hybridized carbons (Fsp3) is 0.0909. The molecule has 0 spiro atoms. The predicted octanol–water partition coefficient (Wildman–Crippen LogP) is 4.40. The average molecular weight is 407 g/mol. The fourth-order valence-electron chi connectivity index (χ4n) is 3.20. The van der Waals surface area contributed by atoms with Crippen LogP contribution in [0.1, 0.15) is 23.6 Å². The van der Waals surface area contributed by atoms with Crippen LogP contribution in [0, 0.1) is 5.82 Å². The third kappa shape index (κ3) is 4.09. The first kappa shape index (κ1) is 19.0. The maximum atomic E-state index is 13.2. The Balaban J connectivity index is 1.55. The summed E-state index contributed by atoms with van der Waals surface area (Å²) in [6.45, 7) is 1.69. The molecule has 5 nitrogen and oxygen atoms in total. The number of anilines is 1. The average Bonchev–Trinajstić information content (AvgIpc) is 2.93. The van der Waals surface area contributed by atoms with Crippen molar-refractivity contribution in [3.05, 3.63) is 101 Å². The molecule has 0 unspecified atom stereocenters. The number of aromatic nitrogens is 1. The van der Waals surface area contributed by atoms with E-state index < -0.39 is 15.8 Å². The Kier molecular flexibility index (Phi) is 4.98. The number of hydrogen-bond donors (Lipinski definition) is 1. The Labute approximate surface area is 168 Å². The Morgan fingerprint density at radius 2 is 1.52 bits per heavy atom. The minimum Gasteiger partial charge on any atom is -0.339 e. The summed E-state index contributed by atoms with van der Waals surface area (Å²) in [5.74, 6) is -0.153. The molecule has 3 aromatic rings. The molecule has 146 valence electrons. The van der Waals surface area contributed by atoms with Crippen molar-refractivity contribution in [2.75, 3.05) is 5.32 Å². The van der Waals surface area contributed by atoms with Gasteiger partial charge in [-0.1, -0.05) is 24.3 Å². The molecule has 1 N–H and O–H groups in total. The second-order valence-corrected chi connectivity index (χ2v) is 8.27. The lowest BCUT2D eigenvalue weighted by Gasteiger charge is -2.08. The summed E-state index contributed by atoms with van der Waals surface area (Å²) >= 11 is 0. The van der Waals surface area contributed by atoms with E-state index in [9.17, 15) is 12.8 Å². The van der Waals surface area contributed by atoms with Crippen molar-refractivity contribution in [3.63, 3.8) is 0 Å². The van der Waals surface area contributed by atoms with Gasteiger partial charge in [-0.15, -0.1) is 4.40 Å². The van der Waals surface area contributed by atoms with Gasteiger partial charge in [0.2, 0.25) is 0 Å². The second-order valence-electron chi connectivity index (χ2n) is 6.73. The SMILES string of the molecule is CC1=C(c2ccc(F)cc2)S(=O)(=O)N=C1Nc1ccc(Cc2ccncc2)cc1. The van der Waals surface area contributed by atoms with Gasteiger partial charge in [-0.05, 0) is 66.4 Å². The summed E-state index contributed by atoms with van der Waals surface area (Å²) in [6, 6.07) is 17.0. The van der Waals surface area contributed by atoms with Crippen LogP contribution in [0.25, 0.3) is 4.91 Å². The van der Waals surface area contributed by atoms with Crippen LogP contribution in [0.15, 0.2) is 83.0 Å². The zero-order valence-corrected chi connectivity index (χ0v) is 16.4. The van der Waals surface area contributed by atoms with Gasteiger partial charge < -0.3 is 5.32 Å². The van der Waals surface area contributed by atoms with Crippen LogP contribution in [0.4, 0.5) is 10.1 Å².